The first kappa shape index (κ1) is 14.7. The van der Waals surface area contributed by atoms with Crippen LogP contribution in [-0.2, 0) is 4.74 Å². The van der Waals surface area contributed by atoms with E-state index in [0.29, 0.717) is 19.6 Å². The van der Waals surface area contributed by atoms with Gasteiger partial charge in [-0.05, 0) is 39.3 Å². The molecule has 0 radical (unpaired) electrons. The summed E-state index contributed by atoms with van der Waals surface area (Å²) in [5.41, 5.74) is 3.45. The molecule has 3 nitrogen and oxygen atoms in total. The smallest absolute Gasteiger partial charge is 0.366 e. The fourth-order valence-corrected chi connectivity index (χ4v) is 2.24. The van der Waals surface area contributed by atoms with Gasteiger partial charge in [0.05, 0.1) is 0 Å². The maximum atomic E-state index is 13.0. The Kier molecular flexibility index (Phi) is 5.22. The number of halogens is 3. The molecule has 1 heterocycles. The summed E-state index contributed by atoms with van der Waals surface area (Å²) < 4.78 is 44.0. The van der Waals surface area contributed by atoms with E-state index < -0.39 is 11.8 Å². The van der Waals surface area contributed by atoms with Gasteiger partial charge in [0.25, 0.3) is 0 Å². The normalized spacial score (nSPS) is 21.7. The minimum Gasteiger partial charge on any atom is -0.366 e. The minimum absolute atomic E-state index is 0.0227. The molecular weight excluding hydrogens is 233 g/mol. The molecule has 1 rings (SSSR count). The highest BCUT2D eigenvalue weighted by molar-refractivity contribution is 4.93. The van der Waals surface area contributed by atoms with E-state index in [4.69, 9.17) is 10.5 Å². The van der Waals surface area contributed by atoms with E-state index in [0.717, 1.165) is 13.0 Å². The van der Waals surface area contributed by atoms with Crippen molar-refractivity contribution in [1.29, 1.82) is 0 Å². The van der Waals surface area contributed by atoms with Gasteiger partial charge in [0.1, 0.15) is 0 Å². The van der Waals surface area contributed by atoms with Crippen molar-refractivity contribution in [3.8, 4) is 0 Å². The third-order valence-corrected chi connectivity index (χ3v) is 3.28. The Bertz CT molecular complexity index is 225. The number of likely N-dealkylation sites (tertiary alicyclic amines) is 1. The van der Waals surface area contributed by atoms with Crippen molar-refractivity contribution < 1.29 is 17.9 Å². The highest BCUT2D eigenvalue weighted by Crippen LogP contribution is 2.41. The number of ether oxygens (including phenoxy) is 1. The van der Waals surface area contributed by atoms with Crippen LogP contribution in [0.1, 0.15) is 26.2 Å². The van der Waals surface area contributed by atoms with Gasteiger partial charge in [-0.1, -0.05) is 0 Å². The van der Waals surface area contributed by atoms with E-state index in [-0.39, 0.29) is 19.4 Å². The van der Waals surface area contributed by atoms with Gasteiger partial charge in [-0.3, -0.25) is 0 Å². The van der Waals surface area contributed by atoms with Gasteiger partial charge in [0, 0.05) is 19.7 Å². The summed E-state index contributed by atoms with van der Waals surface area (Å²) in [5, 5.41) is 0. The van der Waals surface area contributed by atoms with Crippen molar-refractivity contribution in [1.82, 2.24) is 4.90 Å². The fraction of sp³-hybridized carbons (Fsp3) is 1.00. The summed E-state index contributed by atoms with van der Waals surface area (Å²) in [7, 11) is 0. The molecule has 1 aliphatic rings. The number of rotatable bonds is 5. The molecular formula is C11H21F3N2O. The standard InChI is InChI=1S/C11H21F3N2O/c1-2-17-10(11(12,13)14)4-8-16(9-5-10)7-3-6-15/h2-9,15H2,1H3. The molecule has 0 saturated carbocycles. The molecule has 17 heavy (non-hydrogen) atoms. The Morgan fingerprint density at radius 3 is 2.29 bits per heavy atom. The van der Waals surface area contributed by atoms with Gasteiger partial charge >= 0.3 is 6.18 Å². The maximum Gasteiger partial charge on any atom is 0.417 e. The Morgan fingerprint density at radius 2 is 1.88 bits per heavy atom. The molecule has 102 valence electrons. The Balaban J connectivity index is 2.55. The molecule has 1 aliphatic heterocycles. The van der Waals surface area contributed by atoms with Gasteiger partial charge in [0.2, 0.25) is 0 Å². The number of nitrogens with two attached hydrogens (primary N) is 1. The lowest BCUT2D eigenvalue weighted by Crippen LogP contribution is -2.55. The second-order valence-corrected chi connectivity index (χ2v) is 4.41. The first-order valence-corrected chi connectivity index (χ1v) is 6.08. The number of hydrogen-bond donors (Lipinski definition) is 1. The predicted molar refractivity (Wildman–Crippen MR) is 59.8 cm³/mol. The Morgan fingerprint density at radius 1 is 1.29 bits per heavy atom. The fourth-order valence-electron chi connectivity index (χ4n) is 2.24. The van der Waals surface area contributed by atoms with Gasteiger partial charge in [-0.15, -0.1) is 0 Å². The largest absolute Gasteiger partial charge is 0.417 e. The Labute approximate surface area is 100 Å². The van der Waals surface area contributed by atoms with E-state index in [2.05, 4.69) is 0 Å². The molecule has 0 aliphatic carbocycles. The van der Waals surface area contributed by atoms with E-state index in [9.17, 15) is 13.2 Å². The van der Waals surface area contributed by atoms with Crippen LogP contribution in [0.25, 0.3) is 0 Å². The molecule has 0 amide bonds. The lowest BCUT2D eigenvalue weighted by atomic mass is 9.90. The predicted octanol–water partition coefficient (Wildman–Crippen LogP) is 1.77. The van der Waals surface area contributed by atoms with Crippen LogP contribution in [-0.4, -0.2) is 49.5 Å². The van der Waals surface area contributed by atoms with Crippen molar-refractivity contribution in [2.45, 2.75) is 38.0 Å². The topological polar surface area (TPSA) is 38.5 Å². The van der Waals surface area contributed by atoms with E-state index >= 15 is 0 Å². The van der Waals surface area contributed by atoms with Crippen molar-refractivity contribution in [3.63, 3.8) is 0 Å². The van der Waals surface area contributed by atoms with Crippen LogP contribution in [0, 0.1) is 0 Å². The molecule has 1 fully saturated rings. The van der Waals surface area contributed by atoms with Gasteiger partial charge in [-0.2, -0.15) is 13.2 Å². The lowest BCUT2D eigenvalue weighted by molar-refractivity contribution is -0.289. The van der Waals surface area contributed by atoms with Crippen LogP contribution in [0.2, 0.25) is 0 Å². The van der Waals surface area contributed by atoms with Crippen molar-refractivity contribution in [2.75, 3.05) is 32.8 Å². The summed E-state index contributed by atoms with van der Waals surface area (Å²) in [4.78, 5) is 2.02. The van der Waals surface area contributed by atoms with E-state index in [1.165, 1.54) is 0 Å². The quantitative estimate of drug-likeness (QED) is 0.812. The molecule has 0 aromatic rings. The molecule has 0 bridgehead atoms. The monoisotopic (exact) mass is 254 g/mol. The summed E-state index contributed by atoms with van der Waals surface area (Å²) in [6, 6.07) is 0. The van der Waals surface area contributed by atoms with E-state index in [1.807, 2.05) is 4.90 Å². The van der Waals surface area contributed by atoms with Crippen molar-refractivity contribution in [3.05, 3.63) is 0 Å². The second-order valence-electron chi connectivity index (χ2n) is 4.41. The minimum atomic E-state index is -4.27. The highest BCUT2D eigenvalue weighted by atomic mass is 19.4. The van der Waals surface area contributed by atoms with Crippen LogP contribution in [0.5, 0.6) is 0 Å². The molecule has 2 N–H and O–H groups in total. The van der Waals surface area contributed by atoms with Crippen molar-refractivity contribution >= 4 is 0 Å². The van der Waals surface area contributed by atoms with Gasteiger partial charge in [0.15, 0.2) is 5.60 Å². The van der Waals surface area contributed by atoms with Crippen LogP contribution < -0.4 is 5.73 Å². The molecule has 0 aromatic carbocycles. The zero-order valence-corrected chi connectivity index (χ0v) is 10.2. The first-order valence-electron chi connectivity index (χ1n) is 6.08. The zero-order valence-electron chi connectivity index (χ0n) is 10.2. The SMILES string of the molecule is CCOC1(C(F)(F)F)CCN(CCCN)CC1. The maximum absolute atomic E-state index is 13.0. The highest BCUT2D eigenvalue weighted by Gasteiger charge is 2.56. The van der Waals surface area contributed by atoms with Crippen LogP contribution >= 0.6 is 0 Å². The van der Waals surface area contributed by atoms with Gasteiger partial charge in [-0.25, -0.2) is 0 Å². The first-order chi connectivity index (χ1) is 7.95. The molecule has 0 spiro atoms. The average molecular weight is 254 g/mol. The molecule has 6 heteroatoms. The third kappa shape index (κ3) is 3.56. The number of piperidine rings is 1. The van der Waals surface area contributed by atoms with Crippen LogP contribution in [0.3, 0.4) is 0 Å². The van der Waals surface area contributed by atoms with E-state index in [1.54, 1.807) is 6.92 Å². The molecule has 0 atom stereocenters. The average Bonchev–Trinajstić information content (AvgIpc) is 2.27. The number of nitrogens with zero attached hydrogens (tertiary/aromatic N) is 1. The number of hydrogen-bond acceptors (Lipinski definition) is 3. The zero-order chi connectivity index (χ0) is 12.9. The summed E-state index contributed by atoms with van der Waals surface area (Å²) in [6.07, 6.45) is -3.40. The van der Waals surface area contributed by atoms with Crippen LogP contribution in [0.4, 0.5) is 13.2 Å². The summed E-state index contributed by atoms with van der Waals surface area (Å²) >= 11 is 0. The Hall–Kier alpha value is -0.330. The number of alkyl halides is 3. The molecule has 1 saturated heterocycles. The second kappa shape index (κ2) is 6.02. The van der Waals surface area contributed by atoms with Gasteiger partial charge < -0.3 is 15.4 Å². The molecule has 0 aromatic heterocycles. The third-order valence-electron chi connectivity index (χ3n) is 3.28. The summed E-state index contributed by atoms with van der Waals surface area (Å²) in [5.74, 6) is 0. The molecule has 0 unspecified atom stereocenters. The van der Waals surface area contributed by atoms with Crippen LogP contribution in [0.15, 0.2) is 0 Å². The summed E-state index contributed by atoms with van der Waals surface area (Å²) in [6.45, 7) is 3.92. The lowest BCUT2D eigenvalue weighted by Gasteiger charge is -2.42. The van der Waals surface area contributed by atoms with Crippen molar-refractivity contribution in [2.24, 2.45) is 5.73 Å².